The fourth-order valence-corrected chi connectivity index (χ4v) is 6.28. The summed E-state index contributed by atoms with van der Waals surface area (Å²) in [6, 6.07) is 0. The Balaban J connectivity index is -0.000000254. The average molecular weight is 699 g/mol. The van der Waals surface area contributed by atoms with Gasteiger partial charge in [0.15, 0.2) is 0 Å². The quantitative estimate of drug-likeness (QED) is 0.0698. The van der Waals surface area contributed by atoms with E-state index >= 15 is 0 Å². The molecule has 0 rings (SSSR count). The van der Waals surface area contributed by atoms with Crippen LogP contribution in [0.5, 0.6) is 0 Å². The Labute approximate surface area is 279 Å². The Bertz CT molecular complexity index is 753. The predicted octanol–water partition coefficient (Wildman–Crippen LogP) is 9.31. The van der Waals surface area contributed by atoms with Gasteiger partial charge in [0.25, 0.3) is 20.2 Å². The highest BCUT2D eigenvalue weighted by Gasteiger charge is 2.17. The Morgan fingerprint density at radius 2 is 0.578 bits per heavy atom. The van der Waals surface area contributed by atoms with Crippen molar-refractivity contribution in [2.75, 3.05) is 63.9 Å². The average Bonchev–Trinajstić information content (AvgIpc) is 3.06. The minimum Gasteiger partial charge on any atom is -0.325 e. The molecule has 0 aromatic heterocycles. The maximum atomic E-state index is 11.4. The standard InChI is InChI=1S/C9H19FO3S.C8H17FO3S.2C8H20N/c1-2-3-4-5-6-7-8-9-14(11,12)13-10;1-2-3-4-5-6-7-8-13(10,11)12-9;2*1-5-9(6-2,7-3)8-4/h2-9H2,1H3;2-8H2,1H3;2*5-8H2,1-4H3/q;;2*+1. The second-order valence-corrected chi connectivity index (χ2v) is 15.1. The number of quaternary nitrogens is 2. The number of rotatable bonds is 25. The van der Waals surface area contributed by atoms with Gasteiger partial charge >= 0.3 is 0 Å². The molecule has 0 saturated heterocycles. The molecule has 0 heterocycles. The molecule has 0 aromatic carbocycles. The van der Waals surface area contributed by atoms with Gasteiger partial charge in [0, 0.05) is 0 Å². The summed E-state index contributed by atoms with van der Waals surface area (Å²) in [5.41, 5.74) is 0. The van der Waals surface area contributed by atoms with Crippen molar-refractivity contribution < 1.29 is 43.6 Å². The Hall–Kier alpha value is -0.400. The zero-order valence-electron chi connectivity index (χ0n) is 31.2. The molecule has 0 bridgehead atoms. The smallest absolute Gasteiger partial charge is 0.297 e. The normalized spacial score (nSPS) is 11.9. The first-order chi connectivity index (χ1) is 21.2. The van der Waals surface area contributed by atoms with Gasteiger partial charge in [-0.3, -0.25) is 0 Å². The summed E-state index contributed by atoms with van der Waals surface area (Å²) >= 11 is 0. The zero-order valence-corrected chi connectivity index (χ0v) is 32.8. The van der Waals surface area contributed by atoms with Crippen molar-refractivity contribution in [1.82, 2.24) is 0 Å². The van der Waals surface area contributed by atoms with E-state index in [1.807, 2.05) is 0 Å². The van der Waals surface area contributed by atoms with Gasteiger partial charge in [-0.25, -0.2) is 0 Å². The van der Waals surface area contributed by atoms with Crippen LogP contribution in [0.2, 0.25) is 0 Å². The third kappa shape index (κ3) is 31.9. The van der Waals surface area contributed by atoms with Gasteiger partial charge in [-0.2, -0.15) is 16.8 Å². The monoisotopic (exact) mass is 699 g/mol. The Morgan fingerprint density at radius 1 is 0.378 bits per heavy atom. The molecule has 0 amide bonds. The molecule has 45 heavy (non-hydrogen) atoms. The minimum absolute atomic E-state index is 0.211. The molecule has 0 atom stereocenters. The van der Waals surface area contributed by atoms with Gasteiger partial charge in [0.2, 0.25) is 0 Å². The van der Waals surface area contributed by atoms with Crippen LogP contribution >= 0.6 is 0 Å². The van der Waals surface area contributed by atoms with Crippen molar-refractivity contribution in [3.05, 3.63) is 0 Å². The highest BCUT2D eigenvalue weighted by atomic mass is 32.2. The van der Waals surface area contributed by atoms with Crippen molar-refractivity contribution in [3.63, 3.8) is 0 Å². The van der Waals surface area contributed by atoms with E-state index in [0.717, 1.165) is 44.9 Å². The van der Waals surface area contributed by atoms with Crippen LogP contribution in [-0.2, 0) is 29.0 Å². The van der Waals surface area contributed by atoms with Crippen LogP contribution in [0.1, 0.15) is 153 Å². The maximum Gasteiger partial charge on any atom is 0.297 e. The molecule has 12 heteroatoms. The molecular weight excluding hydrogens is 623 g/mol. The van der Waals surface area contributed by atoms with Gasteiger partial charge in [0.05, 0.1) is 63.9 Å². The molecule has 0 saturated carbocycles. The zero-order chi connectivity index (χ0) is 35.7. The third-order valence-electron chi connectivity index (χ3n) is 9.30. The van der Waals surface area contributed by atoms with E-state index in [1.54, 1.807) is 0 Å². The van der Waals surface area contributed by atoms with Gasteiger partial charge in [-0.15, -0.1) is 0 Å². The van der Waals surface area contributed by atoms with Crippen molar-refractivity contribution in [2.45, 2.75) is 153 Å². The van der Waals surface area contributed by atoms with Gasteiger partial charge in [-0.1, -0.05) is 93.3 Å². The molecule has 278 valence electrons. The van der Waals surface area contributed by atoms with E-state index < -0.39 is 20.2 Å². The molecule has 0 spiro atoms. The molecule has 0 aliphatic heterocycles. The largest absolute Gasteiger partial charge is 0.325 e. The SMILES string of the molecule is CCCCCCCCCS(=O)(=O)OF.CCCCCCCCS(=O)(=O)OF.CC[N+](CC)(CC)CC.CC[N+](CC)(CC)CC. The summed E-state index contributed by atoms with van der Waals surface area (Å²) < 4.78 is 73.0. The highest BCUT2D eigenvalue weighted by Crippen LogP contribution is 2.09. The Morgan fingerprint density at radius 3 is 0.733 bits per heavy atom. The molecule has 0 unspecified atom stereocenters. The topological polar surface area (TPSA) is 86.7 Å². The molecule has 8 nitrogen and oxygen atoms in total. The van der Waals surface area contributed by atoms with E-state index in [9.17, 15) is 25.9 Å². The molecule has 0 radical (unpaired) electrons. The fraction of sp³-hybridized carbons (Fsp3) is 1.00. The molecular formula is C33H76F2N2O6S2+2. The highest BCUT2D eigenvalue weighted by molar-refractivity contribution is 7.86. The second kappa shape index (κ2) is 33.5. The Kier molecular flexibility index (Phi) is 38.3. The van der Waals surface area contributed by atoms with E-state index in [1.165, 1.54) is 87.0 Å². The first-order valence-corrected chi connectivity index (χ1v) is 21.1. The summed E-state index contributed by atoms with van der Waals surface area (Å²) in [5.74, 6) is -0.424. The molecule has 0 aromatic rings. The number of hydrogen-bond donors (Lipinski definition) is 0. The van der Waals surface area contributed by atoms with Crippen LogP contribution in [0.25, 0.3) is 0 Å². The lowest BCUT2D eigenvalue weighted by atomic mass is 10.1. The molecule has 0 aliphatic rings. The van der Waals surface area contributed by atoms with E-state index in [0.29, 0.717) is 12.8 Å². The first kappa shape index (κ1) is 51.4. The number of unbranched alkanes of at least 4 members (excludes halogenated alkanes) is 11. The summed E-state index contributed by atoms with van der Waals surface area (Å²) in [4.78, 5) is 0. The van der Waals surface area contributed by atoms with Gasteiger partial charge < -0.3 is 8.97 Å². The molecule has 0 aliphatic carbocycles. The lowest BCUT2D eigenvalue weighted by Gasteiger charge is -2.34. The summed E-state index contributed by atoms with van der Waals surface area (Å²) in [6.45, 7) is 32.7. The van der Waals surface area contributed by atoms with Crippen LogP contribution < -0.4 is 0 Å². The van der Waals surface area contributed by atoms with Crippen molar-refractivity contribution in [1.29, 1.82) is 0 Å². The van der Waals surface area contributed by atoms with Crippen molar-refractivity contribution in [3.8, 4) is 0 Å². The van der Waals surface area contributed by atoms with Crippen molar-refractivity contribution >= 4 is 20.2 Å². The summed E-state index contributed by atoms with van der Waals surface area (Å²) in [5, 5.41) is 0. The fourth-order valence-electron chi connectivity index (χ4n) is 5.04. The van der Waals surface area contributed by atoms with Crippen LogP contribution in [0.4, 0.5) is 9.05 Å². The minimum atomic E-state index is -3.88. The van der Waals surface area contributed by atoms with Crippen LogP contribution in [-0.4, -0.2) is 89.7 Å². The van der Waals surface area contributed by atoms with E-state index in [4.69, 9.17) is 0 Å². The molecule has 0 N–H and O–H groups in total. The number of nitrogens with zero attached hydrogens (tertiary/aromatic N) is 2. The lowest BCUT2D eigenvalue weighted by molar-refractivity contribution is -0.921. The van der Waals surface area contributed by atoms with Crippen molar-refractivity contribution in [2.24, 2.45) is 0 Å². The second-order valence-electron chi connectivity index (χ2n) is 11.8. The number of hydrogen-bond acceptors (Lipinski definition) is 6. The summed E-state index contributed by atoms with van der Waals surface area (Å²) in [6.07, 6.45) is 12.8. The van der Waals surface area contributed by atoms with Crippen LogP contribution in [0.3, 0.4) is 0 Å². The predicted molar refractivity (Wildman–Crippen MR) is 188 cm³/mol. The van der Waals surface area contributed by atoms with E-state index in [2.05, 4.69) is 78.0 Å². The third-order valence-corrected chi connectivity index (χ3v) is 11.3. The maximum absolute atomic E-state index is 11.4. The number of halogens is 2. The summed E-state index contributed by atoms with van der Waals surface area (Å²) in [7, 11) is -7.76. The first-order valence-electron chi connectivity index (χ1n) is 18.0. The van der Waals surface area contributed by atoms with E-state index in [-0.39, 0.29) is 11.5 Å². The van der Waals surface area contributed by atoms with Gasteiger partial charge in [0.1, 0.15) is 0 Å². The molecule has 0 fully saturated rings. The van der Waals surface area contributed by atoms with Crippen LogP contribution in [0.15, 0.2) is 0 Å². The lowest BCUT2D eigenvalue weighted by Crippen LogP contribution is -2.47. The van der Waals surface area contributed by atoms with Gasteiger partial charge in [-0.05, 0) is 77.3 Å². The van der Waals surface area contributed by atoms with Crippen LogP contribution in [0, 0.1) is 0 Å².